The van der Waals surface area contributed by atoms with Crippen molar-refractivity contribution in [2.24, 2.45) is 5.84 Å². The van der Waals surface area contributed by atoms with E-state index in [4.69, 9.17) is 5.84 Å². The highest BCUT2D eigenvalue weighted by atomic mass is 15.2. The Balaban J connectivity index is 1.90. The SMILES string of the molecule is Cc1cccc(CC(CCc2cccnc2)NN)c1. The summed E-state index contributed by atoms with van der Waals surface area (Å²) in [5.74, 6) is 5.66. The van der Waals surface area contributed by atoms with E-state index < -0.39 is 0 Å². The Labute approximate surface area is 114 Å². The molecule has 100 valence electrons. The van der Waals surface area contributed by atoms with Crippen LogP contribution in [0.2, 0.25) is 0 Å². The van der Waals surface area contributed by atoms with Gasteiger partial charge in [0.05, 0.1) is 0 Å². The van der Waals surface area contributed by atoms with Gasteiger partial charge in [-0.1, -0.05) is 35.9 Å². The van der Waals surface area contributed by atoms with Gasteiger partial charge in [-0.25, -0.2) is 0 Å². The third-order valence-electron chi connectivity index (χ3n) is 3.30. The molecule has 19 heavy (non-hydrogen) atoms. The molecular weight excluding hydrogens is 234 g/mol. The maximum absolute atomic E-state index is 5.66. The van der Waals surface area contributed by atoms with Crippen molar-refractivity contribution in [3.63, 3.8) is 0 Å². The molecule has 0 fully saturated rings. The van der Waals surface area contributed by atoms with Crippen molar-refractivity contribution >= 4 is 0 Å². The molecule has 1 aromatic carbocycles. The molecule has 1 atom stereocenters. The van der Waals surface area contributed by atoms with Gasteiger partial charge in [-0.05, 0) is 43.4 Å². The van der Waals surface area contributed by atoms with Gasteiger partial charge in [0.15, 0.2) is 0 Å². The number of aryl methyl sites for hydroxylation is 2. The molecule has 0 radical (unpaired) electrons. The predicted molar refractivity (Wildman–Crippen MR) is 78.6 cm³/mol. The molecule has 3 heteroatoms. The van der Waals surface area contributed by atoms with Crippen LogP contribution < -0.4 is 11.3 Å². The van der Waals surface area contributed by atoms with Crippen LogP contribution in [0.5, 0.6) is 0 Å². The number of rotatable bonds is 6. The molecule has 2 rings (SSSR count). The molecule has 0 aliphatic rings. The molecule has 1 aromatic heterocycles. The van der Waals surface area contributed by atoms with Gasteiger partial charge in [0, 0.05) is 18.4 Å². The third-order valence-corrected chi connectivity index (χ3v) is 3.30. The lowest BCUT2D eigenvalue weighted by Gasteiger charge is -2.16. The van der Waals surface area contributed by atoms with E-state index in [-0.39, 0.29) is 0 Å². The number of nitrogens with zero attached hydrogens (tertiary/aromatic N) is 1. The van der Waals surface area contributed by atoms with Gasteiger partial charge >= 0.3 is 0 Å². The minimum atomic E-state index is 0.294. The van der Waals surface area contributed by atoms with Gasteiger partial charge in [-0.2, -0.15) is 0 Å². The van der Waals surface area contributed by atoms with Crippen molar-refractivity contribution in [3.8, 4) is 0 Å². The van der Waals surface area contributed by atoms with Crippen LogP contribution in [-0.2, 0) is 12.8 Å². The molecule has 0 saturated heterocycles. The zero-order chi connectivity index (χ0) is 13.5. The molecule has 0 saturated carbocycles. The summed E-state index contributed by atoms with van der Waals surface area (Å²) in [4.78, 5) is 4.13. The van der Waals surface area contributed by atoms with Crippen LogP contribution in [0.4, 0.5) is 0 Å². The zero-order valence-corrected chi connectivity index (χ0v) is 11.3. The van der Waals surface area contributed by atoms with E-state index in [1.165, 1.54) is 16.7 Å². The molecule has 1 unspecified atom stereocenters. The largest absolute Gasteiger partial charge is 0.271 e. The monoisotopic (exact) mass is 255 g/mol. The van der Waals surface area contributed by atoms with Gasteiger partial charge in [-0.15, -0.1) is 0 Å². The Bertz CT molecular complexity index is 496. The molecule has 2 aromatic rings. The minimum Gasteiger partial charge on any atom is -0.271 e. The molecular formula is C16H21N3. The highest BCUT2D eigenvalue weighted by Gasteiger charge is 2.08. The minimum absolute atomic E-state index is 0.294. The maximum atomic E-state index is 5.66. The molecule has 3 nitrogen and oxygen atoms in total. The first kappa shape index (κ1) is 13.7. The summed E-state index contributed by atoms with van der Waals surface area (Å²) >= 11 is 0. The fourth-order valence-corrected chi connectivity index (χ4v) is 2.25. The Morgan fingerprint density at radius 3 is 2.74 bits per heavy atom. The lowest BCUT2D eigenvalue weighted by Crippen LogP contribution is -2.37. The van der Waals surface area contributed by atoms with Gasteiger partial charge in [0.2, 0.25) is 0 Å². The van der Waals surface area contributed by atoms with Crippen molar-refractivity contribution in [2.75, 3.05) is 0 Å². The first-order chi connectivity index (χ1) is 9.28. The highest BCUT2D eigenvalue weighted by molar-refractivity contribution is 5.23. The number of hydrogen-bond acceptors (Lipinski definition) is 3. The van der Waals surface area contributed by atoms with Crippen molar-refractivity contribution in [2.45, 2.75) is 32.2 Å². The number of benzene rings is 1. The first-order valence-corrected chi connectivity index (χ1v) is 6.68. The van der Waals surface area contributed by atoms with Gasteiger partial charge in [-0.3, -0.25) is 16.3 Å². The van der Waals surface area contributed by atoms with Gasteiger partial charge in [0.1, 0.15) is 0 Å². The number of aromatic nitrogens is 1. The normalized spacial score (nSPS) is 12.3. The Morgan fingerprint density at radius 1 is 1.21 bits per heavy atom. The lowest BCUT2D eigenvalue weighted by atomic mass is 9.99. The van der Waals surface area contributed by atoms with E-state index in [9.17, 15) is 0 Å². The molecule has 3 N–H and O–H groups in total. The van der Waals surface area contributed by atoms with Crippen LogP contribution in [0.15, 0.2) is 48.8 Å². The van der Waals surface area contributed by atoms with Crippen LogP contribution in [-0.4, -0.2) is 11.0 Å². The van der Waals surface area contributed by atoms with Crippen LogP contribution in [0, 0.1) is 6.92 Å². The smallest absolute Gasteiger partial charge is 0.0299 e. The third kappa shape index (κ3) is 4.47. The number of pyridine rings is 1. The number of hydrogen-bond donors (Lipinski definition) is 2. The zero-order valence-electron chi connectivity index (χ0n) is 11.3. The number of nitrogens with one attached hydrogen (secondary N) is 1. The quantitative estimate of drug-likeness (QED) is 0.615. The van der Waals surface area contributed by atoms with E-state index in [1.54, 1.807) is 6.20 Å². The van der Waals surface area contributed by atoms with Crippen LogP contribution in [0.3, 0.4) is 0 Å². The van der Waals surface area contributed by atoms with Crippen molar-refractivity contribution in [1.82, 2.24) is 10.4 Å². The highest BCUT2D eigenvalue weighted by Crippen LogP contribution is 2.10. The van der Waals surface area contributed by atoms with E-state index in [0.29, 0.717) is 6.04 Å². The topological polar surface area (TPSA) is 50.9 Å². The average molecular weight is 255 g/mol. The van der Waals surface area contributed by atoms with Gasteiger partial charge < -0.3 is 0 Å². The summed E-state index contributed by atoms with van der Waals surface area (Å²) in [7, 11) is 0. The van der Waals surface area contributed by atoms with Crippen LogP contribution in [0.1, 0.15) is 23.1 Å². The van der Waals surface area contributed by atoms with Crippen LogP contribution >= 0.6 is 0 Å². The fourth-order valence-electron chi connectivity index (χ4n) is 2.25. The standard InChI is InChI=1S/C16H21N3/c1-13-4-2-5-15(10-13)11-16(19-17)8-7-14-6-3-9-18-12-14/h2-6,9-10,12,16,19H,7-8,11,17H2,1H3. The Kier molecular flexibility index (Phi) is 5.07. The average Bonchev–Trinajstić information content (AvgIpc) is 2.44. The summed E-state index contributed by atoms with van der Waals surface area (Å²) in [5.41, 5.74) is 6.80. The summed E-state index contributed by atoms with van der Waals surface area (Å²) in [6, 6.07) is 13.0. The van der Waals surface area contributed by atoms with E-state index in [2.05, 4.69) is 47.7 Å². The van der Waals surface area contributed by atoms with E-state index in [1.807, 2.05) is 12.3 Å². The molecule has 0 aliphatic heterocycles. The summed E-state index contributed by atoms with van der Waals surface area (Å²) in [6.45, 7) is 2.12. The first-order valence-electron chi connectivity index (χ1n) is 6.68. The van der Waals surface area contributed by atoms with E-state index >= 15 is 0 Å². The predicted octanol–water partition coefficient (Wildman–Crippen LogP) is 2.40. The van der Waals surface area contributed by atoms with Crippen molar-refractivity contribution in [1.29, 1.82) is 0 Å². The maximum Gasteiger partial charge on any atom is 0.0299 e. The Hall–Kier alpha value is -1.71. The molecule has 0 bridgehead atoms. The fraction of sp³-hybridized carbons (Fsp3) is 0.312. The van der Waals surface area contributed by atoms with Gasteiger partial charge in [0.25, 0.3) is 0 Å². The number of hydrazine groups is 1. The molecule has 1 heterocycles. The second-order valence-electron chi connectivity index (χ2n) is 4.96. The summed E-state index contributed by atoms with van der Waals surface area (Å²) < 4.78 is 0. The number of nitrogens with two attached hydrogens (primary N) is 1. The lowest BCUT2D eigenvalue weighted by molar-refractivity contribution is 0.491. The molecule has 0 spiro atoms. The molecule has 0 aliphatic carbocycles. The van der Waals surface area contributed by atoms with Crippen LogP contribution in [0.25, 0.3) is 0 Å². The summed E-state index contributed by atoms with van der Waals surface area (Å²) in [6.07, 6.45) is 6.68. The van der Waals surface area contributed by atoms with E-state index in [0.717, 1.165) is 19.3 Å². The second-order valence-corrected chi connectivity index (χ2v) is 4.96. The Morgan fingerprint density at radius 2 is 2.05 bits per heavy atom. The second kappa shape index (κ2) is 7.02. The molecule has 0 amide bonds. The van der Waals surface area contributed by atoms with Crippen molar-refractivity contribution < 1.29 is 0 Å². The summed E-state index contributed by atoms with van der Waals surface area (Å²) in [5, 5.41) is 0. The van der Waals surface area contributed by atoms with Crippen molar-refractivity contribution in [3.05, 3.63) is 65.5 Å².